The van der Waals surface area contributed by atoms with E-state index in [1.165, 1.54) is 0 Å². The van der Waals surface area contributed by atoms with Gasteiger partial charge in [0.15, 0.2) is 0 Å². The summed E-state index contributed by atoms with van der Waals surface area (Å²) in [6.45, 7) is 7.33. The maximum atomic E-state index is 13.6. The molecule has 2 saturated heterocycles. The number of hydrogen-bond acceptors (Lipinski definition) is 5. The standard InChI is InChI=1S/C24H28ClN5O2/c1-3-21(31)28-10-12-30(13-11-28)23(32)19-15-27-20-5-4-17(25)14-18(20)22(19)29-8-6-24(2,16-26)7-9-29/h4-5,14-15H,3,6-13H2,1-2H3. The van der Waals surface area contributed by atoms with Crippen molar-refractivity contribution in [2.24, 2.45) is 5.41 Å². The Balaban J connectivity index is 1.67. The number of fused-ring (bicyclic) bond motifs is 1. The molecule has 0 atom stereocenters. The molecule has 2 aliphatic rings. The van der Waals surface area contributed by atoms with Crippen LogP contribution in [0.25, 0.3) is 10.9 Å². The number of aromatic nitrogens is 1. The van der Waals surface area contributed by atoms with Crippen LogP contribution >= 0.6 is 11.6 Å². The van der Waals surface area contributed by atoms with Crippen LogP contribution < -0.4 is 4.90 Å². The number of pyridine rings is 1. The second kappa shape index (κ2) is 8.95. The zero-order valence-electron chi connectivity index (χ0n) is 18.6. The number of nitriles is 1. The third kappa shape index (κ3) is 4.24. The van der Waals surface area contributed by atoms with Crippen LogP contribution in [0.15, 0.2) is 24.4 Å². The molecule has 4 rings (SSSR count). The van der Waals surface area contributed by atoms with Gasteiger partial charge in [-0.3, -0.25) is 14.6 Å². The van der Waals surface area contributed by atoms with Gasteiger partial charge < -0.3 is 14.7 Å². The molecule has 168 valence electrons. The summed E-state index contributed by atoms with van der Waals surface area (Å²) in [5, 5.41) is 11.0. The Hall–Kier alpha value is -2.85. The number of piperidine rings is 1. The number of hydrogen-bond donors (Lipinski definition) is 0. The lowest BCUT2D eigenvalue weighted by Gasteiger charge is -2.39. The van der Waals surface area contributed by atoms with Crippen LogP contribution in [0.4, 0.5) is 5.69 Å². The number of anilines is 1. The first kappa shape index (κ1) is 22.3. The lowest BCUT2D eigenvalue weighted by Crippen LogP contribution is -2.50. The van der Waals surface area contributed by atoms with Gasteiger partial charge in [-0.15, -0.1) is 0 Å². The molecule has 2 aromatic rings. The van der Waals surface area contributed by atoms with Crippen LogP contribution in [0.5, 0.6) is 0 Å². The largest absolute Gasteiger partial charge is 0.370 e. The molecule has 8 heteroatoms. The second-order valence-electron chi connectivity index (χ2n) is 8.87. The molecule has 7 nitrogen and oxygen atoms in total. The van der Waals surface area contributed by atoms with E-state index in [4.69, 9.17) is 11.6 Å². The summed E-state index contributed by atoms with van der Waals surface area (Å²) in [6.07, 6.45) is 3.61. The molecule has 32 heavy (non-hydrogen) atoms. The monoisotopic (exact) mass is 453 g/mol. The zero-order chi connectivity index (χ0) is 22.9. The van der Waals surface area contributed by atoms with Crippen molar-refractivity contribution in [3.05, 3.63) is 35.0 Å². The van der Waals surface area contributed by atoms with E-state index in [0.29, 0.717) is 56.3 Å². The van der Waals surface area contributed by atoms with Crippen molar-refractivity contribution in [1.29, 1.82) is 5.26 Å². The molecule has 0 bridgehead atoms. The number of amides is 2. The minimum Gasteiger partial charge on any atom is -0.370 e. The average Bonchev–Trinajstić information content (AvgIpc) is 2.83. The Bertz CT molecular complexity index is 1080. The van der Waals surface area contributed by atoms with E-state index in [9.17, 15) is 14.9 Å². The van der Waals surface area contributed by atoms with Gasteiger partial charge in [-0.05, 0) is 38.0 Å². The van der Waals surface area contributed by atoms with Crippen molar-refractivity contribution in [1.82, 2.24) is 14.8 Å². The molecule has 2 fully saturated rings. The van der Waals surface area contributed by atoms with E-state index in [1.807, 2.05) is 30.9 Å². The van der Waals surface area contributed by atoms with Gasteiger partial charge in [0.2, 0.25) is 5.91 Å². The summed E-state index contributed by atoms with van der Waals surface area (Å²) >= 11 is 6.32. The number of piperazine rings is 1. The van der Waals surface area contributed by atoms with E-state index >= 15 is 0 Å². The molecule has 0 N–H and O–H groups in total. The van der Waals surface area contributed by atoms with Gasteiger partial charge in [0.25, 0.3) is 5.91 Å². The van der Waals surface area contributed by atoms with Gasteiger partial charge in [0.1, 0.15) is 0 Å². The van der Waals surface area contributed by atoms with Crippen molar-refractivity contribution in [3.8, 4) is 6.07 Å². The molecule has 0 aliphatic carbocycles. The van der Waals surface area contributed by atoms with Gasteiger partial charge in [-0.1, -0.05) is 18.5 Å². The topological polar surface area (TPSA) is 80.5 Å². The van der Waals surface area contributed by atoms with Crippen LogP contribution in [0.1, 0.15) is 43.5 Å². The summed E-state index contributed by atoms with van der Waals surface area (Å²) in [4.78, 5) is 36.0. The molecule has 0 saturated carbocycles. The average molecular weight is 454 g/mol. The summed E-state index contributed by atoms with van der Waals surface area (Å²) in [5.74, 6) is 0.0419. The Morgan fingerprint density at radius 1 is 1.12 bits per heavy atom. The fourth-order valence-corrected chi connectivity index (χ4v) is 4.71. The molecule has 3 heterocycles. The first-order valence-corrected chi connectivity index (χ1v) is 11.5. The maximum Gasteiger partial charge on any atom is 0.257 e. The smallest absolute Gasteiger partial charge is 0.257 e. The van der Waals surface area contributed by atoms with Crippen LogP contribution in [-0.2, 0) is 4.79 Å². The lowest BCUT2D eigenvalue weighted by molar-refractivity contribution is -0.132. The predicted octanol–water partition coefficient (Wildman–Crippen LogP) is 3.71. The molecule has 1 aromatic carbocycles. The molecule has 0 unspecified atom stereocenters. The molecular weight excluding hydrogens is 426 g/mol. The highest BCUT2D eigenvalue weighted by molar-refractivity contribution is 6.31. The summed E-state index contributed by atoms with van der Waals surface area (Å²) in [6, 6.07) is 7.97. The highest BCUT2D eigenvalue weighted by Gasteiger charge is 2.33. The van der Waals surface area contributed by atoms with E-state index in [0.717, 1.165) is 29.4 Å². The maximum absolute atomic E-state index is 13.6. The van der Waals surface area contributed by atoms with Crippen molar-refractivity contribution < 1.29 is 9.59 Å². The van der Waals surface area contributed by atoms with Gasteiger partial charge in [-0.25, -0.2) is 0 Å². The van der Waals surface area contributed by atoms with Gasteiger partial charge in [-0.2, -0.15) is 5.26 Å². The number of nitrogens with zero attached hydrogens (tertiary/aromatic N) is 5. The number of carbonyl (C=O) groups is 2. The molecular formula is C24H28ClN5O2. The highest BCUT2D eigenvalue weighted by atomic mass is 35.5. The normalized spacial score (nSPS) is 18.5. The van der Waals surface area contributed by atoms with E-state index < -0.39 is 0 Å². The zero-order valence-corrected chi connectivity index (χ0v) is 19.4. The third-order valence-electron chi connectivity index (χ3n) is 6.71. The molecule has 1 aromatic heterocycles. The van der Waals surface area contributed by atoms with Gasteiger partial charge in [0.05, 0.1) is 28.3 Å². The number of benzene rings is 1. The third-order valence-corrected chi connectivity index (χ3v) is 6.94. The molecule has 2 aliphatic heterocycles. The van der Waals surface area contributed by atoms with Crippen LogP contribution in [0.3, 0.4) is 0 Å². The Morgan fingerprint density at radius 2 is 1.78 bits per heavy atom. The Morgan fingerprint density at radius 3 is 2.41 bits per heavy atom. The predicted molar refractivity (Wildman–Crippen MR) is 125 cm³/mol. The lowest BCUT2D eigenvalue weighted by atomic mass is 9.81. The summed E-state index contributed by atoms with van der Waals surface area (Å²) in [5.41, 5.74) is 1.83. The Kier molecular flexibility index (Phi) is 6.25. The summed E-state index contributed by atoms with van der Waals surface area (Å²) in [7, 11) is 0. The minimum absolute atomic E-state index is 0.0772. The molecule has 2 amide bonds. The SMILES string of the molecule is CCC(=O)N1CCN(C(=O)c2cnc3ccc(Cl)cc3c2N2CCC(C)(C#N)CC2)CC1. The first-order valence-electron chi connectivity index (χ1n) is 11.2. The number of halogens is 1. The first-order chi connectivity index (χ1) is 15.3. The number of rotatable bonds is 3. The fraction of sp³-hybridized carbons (Fsp3) is 0.500. The van der Waals surface area contributed by atoms with Crippen molar-refractivity contribution >= 4 is 40.0 Å². The van der Waals surface area contributed by atoms with E-state index in [-0.39, 0.29) is 17.2 Å². The van der Waals surface area contributed by atoms with Crippen LogP contribution in [0, 0.1) is 16.7 Å². The summed E-state index contributed by atoms with van der Waals surface area (Å²) < 4.78 is 0. The Labute approximate surface area is 193 Å². The fourth-order valence-electron chi connectivity index (χ4n) is 4.54. The quantitative estimate of drug-likeness (QED) is 0.707. The number of carbonyl (C=O) groups excluding carboxylic acids is 2. The van der Waals surface area contributed by atoms with Crippen LogP contribution in [0.2, 0.25) is 5.02 Å². The van der Waals surface area contributed by atoms with Crippen LogP contribution in [-0.4, -0.2) is 65.9 Å². The van der Waals surface area contributed by atoms with E-state index in [2.05, 4.69) is 16.0 Å². The van der Waals surface area contributed by atoms with Gasteiger partial charge in [0, 0.05) is 62.3 Å². The van der Waals surface area contributed by atoms with Gasteiger partial charge >= 0.3 is 0 Å². The molecule has 0 spiro atoms. The van der Waals surface area contributed by atoms with Crippen molar-refractivity contribution in [2.45, 2.75) is 33.1 Å². The van der Waals surface area contributed by atoms with Crippen molar-refractivity contribution in [3.63, 3.8) is 0 Å². The highest BCUT2D eigenvalue weighted by Crippen LogP contribution is 2.38. The minimum atomic E-state index is -0.344. The second-order valence-corrected chi connectivity index (χ2v) is 9.30. The van der Waals surface area contributed by atoms with E-state index in [1.54, 1.807) is 17.2 Å². The van der Waals surface area contributed by atoms with Crippen molar-refractivity contribution in [2.75, 3.05) is 44.2 Å². The molecule has 0 radical (unpaired) electrons.